The minimum Gasteiger partial charge on any atom is -0.397 e. The van der Waals surface area contributed by atoms with Gasteiger partial charge in [-0.1, -0.05) is 11.6 Å². The highest BCUT2D eigenvalue weighted by atomic mass is 35.5. The molecule has 0 unspecified atom stereocenters. The van der Waals surface area contributed by atoms with E-state index in [0.29, 0.717) is 36.2 Å². The number of carbonyl (C=O) groups excluding carboxylic acids is 1. The average Bonchev–Trinajstić information content (AvgIpc) is 2.37. The van der Waals surface area contributed by atoms with Crippen LogP contribution in [0.15, 0.2) is 18.2 Å². The quantitative estimate of drug-likeness (QED) is 0.572. The third kappa shape index (κ3) is 6.75. The van der Waals surface area contributed by atoms with E-state index in [1.54, 1.807) is 18.2 Å². The summed E-state index contributed by atoms with van der Waals surface area (Å²) in [6.07, 6.45) is 0.445. The van der Waals surface area contributed by atoms with Crippen LogP contribution in [-0.2, 0) is 14.3 Å². The fourth-order valence-electron chi connectivity index (χ4n) is 1.46. The number of nitrogens with one attached hydrogen (secondary N) is 1. The zero-order valence-corrected chi connectivity index (χ0v) is 12.6. The lowest BCUT2D eigenvalue weighted by Crippen LogP contribution is -2.16. The maximum Gasteiger partial charge on any atom is 0.226 e. The Bertz CT molecular complexity index is 438. The molecule has 0 heterocycles. The van der Waals surface area contributed by atoms with Gasteiger partial charge in [0.1, 0.15) is 0 Å². The molecule has 1 rings (SSSR count). The summed E-state index contributed by atoms with van der Waals surface area (Å²) in [5.41, 5.74) is 6.74. The van der Waals surface area contributed by atoms with Crippen molar-refractivity contribution in [3.63, 3.8) is 0 Å². The number of rotatable bonds is 8. The molecule has 0 aliphatic heterocycles. The van der Waals surface area contributed by atoms with Crippen LogP contribution < -0.4 is 11.1 Å². The van der Waals surface area contributed by atoms with Crippen molar-refractivity contribution in [1.82, 2.24) is 0 Å². The monoisotopic (exact) mass is 300 g/mol. The minimum absolute atomic E-state index is 0.163. The summed E-state index contributed by atoms with van der Waals surface area (Å²) in [6.45, 7) is 5.27. The lowest BCUT2D eigenvalue weighted by atomic mass is 10.2. The standard InChI is InChI=1S/C14H21ClN2O3/c1-10(2)20-8-7-19-6-5-14(18)17-13-9-11(15)3-4-12(13)16/h3-4,9-10H,5-8,16H2,1-2H3,(H,17,18). The van der Waals surface area contributed by atoms with E-state index in [9.17, 15) is 4.79 Å². The molecule has 0 saturated heterocycles. The summed E-state index contributed by atoms with van der Waals surface area (Å²) in [6, 6.07) is 4.94. The number of halogens is 1. The Morgan fingerprint density at radius 2 is 2.10 bits per heavy atom. The molecule has 0 radical (unpaired) electrons. The van der Waals surface area contributed by atoms with Gasteiger partial charge in [0.2, 0.25) is 5.91 Å². The Balaban J connectivity index is 2.22. The number of anilines is 2. The molecule has 20 heavy (non-hydrogen) atoms. The van der Waals surface area contributed by atoms with Crippen LogP contribution >= 0.6 is 11.6 Å². The highest BCUT2D eigenvalue weighted by Gasteiger charge is 2.06. The molecule has 0 aliphatic rings. The van der Waals surface area contributed by atoms with E-state index in [-0.39, 0.29) is 18.4 Å². The van der Waals surface area contributed by atoms with E-state index in [0.717, 1.165) is 0 Å². The predicted molar refractivity (Wildman–Crippen MR) is 81.0 cm³/mol. The molecule has 1 aromatic carbocycles. The number of nitrogen functional groups attached to an aromatic ring is 1. The second kappa shape index (κ2) is 8.79. The van der Waals surface area contributed by atoms with Crippen molar-refractivity contribution in [2.75, 3.05) is 30.9 Å². The van der Waals surface area contributed by atoms with Gasteiger partial charge in [0.15, 0.2) is 0 Å². The van der Waals surface area contributed by atoms with Crippen LogP contribution in [0.4, 0.5) is 11.4 Å². The molecule has 0 aromatic heterocycles. The molecule has 5 nitrogen and oxygen atoms in total. The Morgan fingerprint density at radius 3 is 2.80 bits per heavy atom. The van der Waals surface area contributed by atoms with Crippen LogP contribution in [0.1, 0.15) is 20.3 Å². The number of hydrogen-bond acceptors (Lipinski definition) is 4. The van der Waals surface area contributed by atoms with Gasteiger partial charge >= 0.3 is 0 Å². The Hall–Kier alpha value is -1.30. The maximum atomic E-state index is 11.7. The van der Waals surface area contributed by atoms with Crippen LogP contribution in [-0.4, -0.2) is 31.8 Å². The molecule has 0 saturated carbocycles. The normalized spacial score (nSPS) is 10.8. The minimum atomic E-state index is -0.163. The lowest BCUT2D eigenvalue weighted by Gasteiger charge is -2.10. The van der Waals surface area contributed by atoms with Gasteiger partial charge in [-0.3, -0.25) is 4.79 Å². The fourth-order valence-corrected chi connectivity index (χ4v) is 1.63. The largest absolute Gasteiger partial charge is 0.397 e. The molecule has 0 aliphatic carbocycles. The first-order valence-corrected chi connectivity index (χ1v) is 6.91. The third-order valence-electron chi connectivity index (χ3n) is 2.44. The van der Waals surface area contributed by atoms with E-state index in [1.807, 2.05) is 13.8 Å². The van der Waals surface area contributed by atoms with Crippen LogP contribution in [0.5, 0.6) is 0 Å². The van der Waals surface area contributed by atoms with Crippen molar-refractivity contribution in [1.29, 1.82) is 0 Å². The average molecular weight is 301 g/mol. The number of benzene rings is 1. The summed E-state index contributed by atoms with van der Waals surface area (Å²) in [4.78, 5) is 11.7. The zero-order valence-electron chi connectivity index (χ0n) is 11.8. The number of ether oxygens (including phenoxy) is 2. The van der Waals surface area contributed by atoms with Gasteiger partial charge in [0, 0.05) is 5.02 Å². The van der Waals surface area contributed by atoms with Crippen LogP contribution in [0.3, 0.4) is 0 Å². The van der Waals surface area contributed by atoms with E-state index >= 15 is 0 Å². The van der Waals surface area contributed by atoms with Crippen molar-refractivity contribution in [2.24, 2.45) is 0 Å². The highest BCUT2D eigenvalue weighted by Crippen LogP contribution is 2.22. The predicted octanol–water partition coefficient (Wildman–Crippen LogP) is 2.69. The molecule has 0 bridgehead atoms. The maximum absolute atomic E-state index is 11.7. The first kappa shape index (κ1) is 16.8. The van der Waals surface area contributed by atoms with Gasteiger partial charge in [-0.15, -0.1) is 0 Å². The molecule has 0 atom stereocenters. The van der Waals surface area contributed by atoms with E-state index in [2.05, 4.69) is 5.32 Å². The summed E-state index contributed by atoms with van der Waals surface area (Å²) in [7, 11) is 0. The van der Waals surface area contributed by atoms with Crippen molar-refractivity contribution in [3.05, 3.63) is 23.2 Å². The smallest absolute Gasteiger partial charge is 0.226 e. The zero-order chi connectivity index (χ0) is 15.0. The molecular formula is C14H21ClN2O3. The molecule has 3 N–H and O–H groups in total. The number of amides is 1. The molecule has 112 valence electrons. The van der Waals surface area contributed by atoms with Gasteiger partial charge in [-0.05, 0) is 32.0 Å². The number of nitrogens with two attached hydrogens (primary N) is 1. The second-order valence-electron chi connectivity index (χ2n) is 4.56. The number of carbonyl (C=O) groups is 1. The van der Waals surface area contributed by atoms with Gasteiger partial charge in [-0.2, -0.15) is 0 Å². The van der Waals surface area contributed by atoms with Gasteiger partial charge in [0.05, 0.1) is 43.7 Å². The highest BCUT2D eigenvalue weighted by molar-refractivity contribution is 6.31. The van der Waals surface area contributed by atoms with E-state index in [1.165, 1.54) is 0 Å². The van der Waals surface area contributed by atoms with Gasteiger partial charge in [0.25, 0.3) is 0 Å². The molecule has 6 heteroatoms. The van der Waals surface area contributed by atoms with Gasteiger partial charge < -0.3 is 20.5 Å². The van der Waals surface area contributed by atoms with Crippen LogP contribution in [0.25, 0.3) is 0 Å². The molecule has 1 aromatic rings. The molecule has 0 spiro atoms. The summed E-state index contributed by atoms with van der Waals surface area (Å²) in [5, 5.41) is 3.23. The SMILES string of the molecule is CC(C)OCCOCCC(=O)Nc1cc(Cl)ccc1N. The van der Waals surface area contributed by atoms with Crippen LogP contribution in [0.2, 0.25) is 5.02 Å². The van der Waals surface area contributed by atoms with E-state index < -0.39 is 0 Å². The van der Waals surface area contributed by atoms with E-state index in [4.69, 9.17) is 26.8 Å². The first-order chi connectivity index (χ1) is 9.49. The Labute approximate surface area is 124 Å². The Kier molecular flexibility index (Phi) is 7.36. The fraction of sp³-hybridized carbons (Fsp3) is 0.500. The topological polar surface area (TPSA) is 73.6 Å². The van der Waals surface area contributed by atoms with Crippen molar-refractivity contribution in [3.8, 4) is 0 Å². The molecule has 0 fully saturated rings. The molecular weight excluding hydrogens is 280 g/mol. The molecule has 1 amide bonds. The van der Waals surface area contributed by atoms with Crippen molar-refractivity contribution in [2.45, 2.75) is 26.4 Å². The summed E-state index contributed by atoms with van der Waals surface area (Å²) < 4.78 is 10.6. The third-order valence-corrected chi connectivity index (χ3v) is 2.68. The van der Waals surface area contributed by atoms with Crippen LogP contribution in [0, 0.1) is 0 Å². The Morgan fingerprint density at radius 1 is 1.35 bits per heavy atom. The second-order valence-corrected chi connectivity index (χ2v) is 5.00. The summed E-state index contributed by atoms with van der Waals surface area (Å²) in [5.74, 6) is -0.163. The van der Waals surface area contributed by atoms with Gasteiger partial charge in [-0.25, -0.2) is 0 Å². The van der Waals surface area contributed by atoms with Crippen molar-refractivity contribution >= 4 is 28.9 Å². The number of hydrogen-bond donors (Lipinski definition) is 2. The first-order valence-electron chi connectivity index (χ1n) is 6.53. The lowest BCUT2D eigenvalue weighted by molar-refractivity contribution is -0.117. The summed E-state index contributed by atoms with van der Waals surface area (Å²) >= 11 is 5.84. The van der Waals surface area contributed by atoms with Crippen molar-refractivity contribution < 1.29 is 14.3 Å².